The summed E-state index contributed by atoms with van der Waals surface area (Å²) in [4.78, 5) is 22.9. The van der Waals surface area contributed by atoms with Crippen LogP contribution in [0.15, 0.2) is 48.5 Å². The third-order valence-corrected chi connectivity index (χ3v) is 8.64. The van der Waals surface area contributed by atoms with Gasteiger partial charge in [-0.3, -0.25) is 14.6 Å². The van der Waals surface area contributed by atoms with Crippen molar-refractivity contribution >= 4 is 23.2 Å². The topological polar surface area (TPSA) is 48.5 Å². The molecule has 3 saturated heterocycles. The number of amides is 1. The highest BCUT2D eigenvalue weighted by atomic mass is 35.5. The smallest absolute Gasteiger partial charge is 0.222 e. The van der Waals surface area contributed by atoms with Crippen LogP contribution in [-0.4, -0.2) is 99.3 Å². The summed E-state index contributed by atoms with van der Waals surface area (Å²) in [5.41, 5.74) is 2.45. The second kappa shape index (κ2) is 13.2. The summed E-state index contributed by atoms with van der Waals surface area (Å²) in [6.07, 6.45) is 2.71. The van der Waals surface area contributed by atoms with Crippen molar-refractivity contribution in [3.63, 3.8) is 0 Å². The minimum Gasteiger partial charge on any atom is -0.497 e. The summed E-state index contributed by atoms with van der Waals surface area (Å²) in [5, 5.41) is 0.778. The predicted octanol–water partition coefficient (Wildman–Crippen LogP) is 4.00. The first-order valence-electron chi connectivity index (χ1n) is 14.0. The van der Waals surface area contributed by atoms with Crippen LogP contribution in [0.1, 0.15) is 24.8 Å². The second-order valence-electron chi connectivity index (χ2n) is 10.7. The molecule has 3 aliphatic rings. The first-order valence-corrected chi connectivity index (χ1v) is 14.4. The van der Waals surface area contributed by atoms with Crippen LogP contribution in [0.3, 0.4) is 0 Å². The lowest BCUT2D eigenvalue weighted by Gasteiger charge is -2.45. The molecule has 38 heavy (non-hydrogen) atoms. The number of anilines is 1. The Kier molecular flexibility index (Phi) is 9.44. The molecule has 8 heteroatoms. The molecular formula is C30H41ClN4O3. The third-order valence-electron chi connectivity index (χ3n) is 8.39. The van der Waals surface area contributed by atoms with E-state index in [-0.39, 0.29) is 0 Å². The van der Waals surface area contributed by atoms with Gasteiger partial charge in [-0.1, -0.05) is 29.8 Å². The summed E-state index contributed by atoms with van der Waals surface area (Å²) in [5.74, 6) is 1.65. The maximum absolute atomic E-state index is 13.3. The molecule has 0 aliphatic carbocycles. The molecule has 0 N–H and O–H groups in total. The largest absolute Gasteiger partial charge is 0.497 e. The Labute approximate surface area is 232 Å². The molecule has 7 nitrogen and oxygen atoms in total. The van der Waals surface area contributed by atoms with Gasteiger partial charge in [0.25, 0.3) is 0 Å². The SMILES string of the molecule is COc1cccc(N2CCN(C(=O)CC[C@H]3CN(Cc4ccc(Cl)cc4)CC[C@H]3N3CCOCC3)CC2)c1. The first-order chi connectivity index (χ1) is 18.6. The number of carbonyl (C=O) groups is 1. The van der Waals surface area contributed by atoms with E-state index in [1.807, 2.05) is 24.3 Å². The first kappa shape index (κ1) is 27.3. The lowest BCUT2D eigenvalue weighted by molar-refractivity contribution is -0.132. The number of ether oxygens (including phenoxy) is 2. The number of morpholine rings is 1. The minimum atomic E-state index is 0.297. The van der Waals surface area contributed by atoms with E-state index in [9.17, 15) is 4.79 Å². The molecular weight excluding hydrogens is 500 g/mol. The summed E-state index contributed by atoms with van der Waals surface area (Å²) < 4.78 is 11.0. The van der Waals surface area contributed by atoms with Crippen molar-refractivity contribution in [3.8, 4) is 5.75 Å². The van der Waals surface area contributed by atoms with Gasteiger partial charge in [-0.05, 0) is 55.1 Å². The Balaban J connectivity index is 1.16. The van der Waals surface area contributed by atoms with Gasteiger partial charge in [-0.15, -0.1) is 0 Å². The van der Waals surface area contributed by atoms with Crippen LogP contribution in [0.4, 0.5) is 5.69 Å². The van der Waals surface area contributed by atoms with Crippen molar-refractivity contribution < 1.29 is 14.3 Å². The summed E-state index contributed by atoms with van der Waals surface area (Å²) in [7, 11) is 1.70. The number of carbonyl (C=O) groups excluding carboxylic acids is 1. The zero-order chi connectivity index (χ0) is 26.3. The Hall–Kier alpha value is -2.32. The molecule has 3 aliphatic heterocycles. The van der Waals surface area contributed by atoms with Crippen molar-refractivity contribution in [1.82, 2.24) is 14.7 Å². The lowest BCUT2D eigenvalue weighted by Crippen LogP contribution is -2.54. The fraction of sp³-hybridized carbons (Fsp3) is 0.567. The van der Waals surface area contributed by atoms with Gasteiger partial charge >= 0.3 is 0 Å². The van der Waals surface area contributed by atoms with Crippen molar-refractivity contribution in [3.05, 3.63) is 59.1 Å². The van der Waals surface area contributed by atoms with Crippen LogP contribution in [0, 0.1) is 5.92 Å². The van der Waals surface area contributed by atoms with E-state index in [1.165, 1.54) is 5.56 Å². The highest BCUT2D eigenvalue weighted by Gasteiger charge is 2.34. The van der Waals surface area contributed by atoms with Gasteiger partial charge in [0.05, 0.1) is 20.3 Å². The van der Waals surface area contributed by atoms with Crippen LogP contribution in [0.5, 0.6) is 5.75 Å². The number of benzene rings is 2. The molecule has 0 aromatic heterocycles. The number of likely N-dealkylation sites (tertiary alicyclic amines) is 1. The van der Waals surface area contributed by atoms with Crippen LogP contribution >= 0.6 is 11.6 Å². The second-order valence-corrected chi connectivity index (χ2v) is 11.2. The maximum atomic E-state index is 13.3. The van der Waals surface area contributed by atoms with Gasteiger partial charge in [-0.25, -0.2) is 0 Å². The lowest BCUT2D eigenvalue weighted by atomic mass is 9.86. The molecule has 3 heterocycles. The molecule has 2 aromatic rings. The predicted molar refractivity (Wildman–Crippen MR) is 152 cm³/mol. The van der Waals surface area contributed by atoms with Crippen molar-refractivity contribution in [2.24, 2.45) is 5.92 Å². The molecule has 0 bridgehead atoms. The van der Waals surface area contributed by atoms with Crippen LogP contribution < -0.4 is 9.64 Å². The van der Waals surface area contributed by atoms with Gasteiger partial charge < -0.3 is 19.3 Å². The number of nitrogens with zero attached hydrogens (tertiary/aromatic N) is 4. The molecule has 2 atom stereocenters. The van der Waals surface area contributed by atoms with Crippen LogP contribution in [0.2, 0.25) is 5.02 Å². The molecule has 1 amide bonds. The van der Waals surface area contributed by atoms with Crippen molar-refractivity contribution in [1.29, 1.82) is 0 Å². The molecule has 3 fully saturated rings. The highest BCUT2D eigenvalue weighted by Crippen LogP contribution is 2.29. The Morgan fingerprint density at radius 3 is 2.50 bits per heavy atom. The number of rotatable bonds is 8. The summed E-state index contributed by atoms with van der Waals surface area (Å²) in [6, 6.07) is 16.9. The molecule has 5 rings (SSSR count). The van der Waals surface area contributed by atoms with E-state index in [4.69, 9.17) is 21.1 Å². The van der Waals surface area contributed by atoms with Gasteiger partial charge in [0, 0.05) is 81.6 Å². The van der Waals surface area contributed by atoms with Gasteiger partial charge in [-0.2, -0.15) is 0 Å². The Morgan fingerprint density at radius 1 is 1.00 bits per heavy atom. The van der Waals surface area contributed by atoms with E-state index in [2.05, 4.69) is 43.9 Å². The van der Waals surface area contributed by atoms with Crippen molar-refractivity contribution in [2.75, 3.05) is 77.6 Å². The fourth-order valence-corrected chi connectivity index (χ4v) is 6.37. The van der Waals surface area contributed by atoms with Gasteiger partial charge in [0.15, 0.2) is 0 Å². The number of piperidine rings is 1. The average Bonchev–Trinajstić information content (AvgIpc) is 2.98. The standard InChI is InChI=1S/C30H41ClN4O3/c1-37-28-4-2-3-27(21-28)33-13-15-35(16-14-33)30(36)10-7-25-23-32(22-24-5-8-26(31)9-6-24)12-11-29(25)34-17-19-38-20-18-34/h2-6,8-9,21,25,29H,7,10-20,22-23H2,1H3/t25-,29+/m0/s1. The van der Waals surface area contributed by atoms with Gasteiger partial charge in [0.2, 0.25) is 5.91 Å². The summed E-state index contributed by atoms with van der Waals surface area (Å²) >= 11 is 6.10. The number of hydrogen-bond donors (Lipinski definition) is 0. The normalized spacial score (nSPS) is 23.4. The van der Waals surface area contributed by atoms with E-state index in [1.54, 1.807) is 7.11 Å². The molecule has 206 valence electrons. The molecule has 0 unspecified atom stereocenters. The summed E-state index contributed by atoms with van der Waals surface area (Å²) in [6.45, 7) is 9.93. The van der Waals surface area contributed by atoms with Gasteiger partial charge in [0.1, 0.15) is 5.75 Å². The number of hydrogen-bond acceptors (Lipinski definition) is 6. The Bertz CT molecular complexity index is 1040. The van der Waals surface area contributed by atoms with E-state index >= 15 is 0 Å². The zero-order valence-corrected chi connectivity index (χ0v) is 23.3. The number of methoxy groups -OCH3 is 1. The fourth-order valence-electron chi connectivity index (χ4n) is 6.25. The minimum absolute atomic E-state index is 0.297. The van der Waals surface area contributed by atoms with Crippen LogP contribution in [0.25, 0.3) is 0 Å². The highest BCUT2D eigenvalue weighted by molar-refractivity contribution is 6.30. The quantitative estimate of drug-likeness (QED) is 0.504. The number of piperazine rings is 1. The van der Waals surface area contributed by atoms with Crippen molar-refractivity contribution in [2.45, 2.75) is 31.8 Å². The Morgan fingerprint density at radius 2 is 1.76 bits per heavy atom. The van der Waals surface area contributed by atoms with E-state index in [0.717, 1.165) is 101 Å². The molecule has 0 spiro atoms. The number of halogens is 1. The van der Waals surface area contributed by atoms with Crippen LogP contribution in [-0.2, 0) is 16.1 Å². The zero-order valence-electron chi connectivity index (χ0n) is 22.6. The molecule has 0 saturated carbocycles. The average molecular weight is 541 g/mol. The third kappa shape index (κ3) is 7.00. The maximum Gasteiger partial charge on any atom is 0.222 e. The molecule has 0 radical (unpaired) electrons. The monoisotopic (exact) mass is 540 g/mol. The molecule has 2 aromatic carbocycles. The van der Waals surface area contributed by atoms with E-state index in [0.29, 0.717) is 24.3 Å². The van der Waals surface area contributed by atoms with E-state index < -0.39 is 0 Å².